The molecule has 2 rings (SSSR count). The second-order valence-electron chi connectivity index (χ2n) is 5.44. The number of aryl methyl sites for hydroxylation is 1. The molecular formula is C19H21NO5. The van der Waals surface area contributed by atoms with E-state index in [1.54, 1.807) is 6.07 Å². The lowest BCUT2D eigenvalue weighted by atomic mass is 10.1. The van der Waals surface area contributed by atoms with Crippen LogP contribution in [0.4, 0.5) is 0 Å². The molecule has 0 saturated heterocycles. The lowest BCUT2D eigenvalue weighted by molar-refractivity contribution is -0.124. The average Bonchev–Trinajstić information content (AvgIpc) is 2.65. The maximum absolute atomic E-state index is 12.1. The van der Waals surface area contributed by atoms with Gasteiger partial charge in [-0.1, -0.05) is 29.8 Å². The molecule has 0 aliphatic rings. The summed E-state index contributed by atoms with van der Waals surface area (Å²) in [5, 5.41) is 2.70. The normalized spacial score (nSPS) is 10.0. The van der Waals surface area contributed by atoms with Crippen LogP contribution in [0.2, 0.25) is 0 Å². The van der Waals surface area contributed by atoms with Crippen molar-refractivity contribution in [1.29, 1.82) is 0 Å². The average molecular weight is 343 g/mol. The van der Waals surface area contributed by atoms with Gasteiger partial charge in [-0.3, -0.25) is 4.79 Å². The summed E-state index contributed by atoms with van der Waals surface area (Å²) in [4.78, 5) is 23.9. The first-order valence-corrected chi connectivity index (χ1v) is 7.74. The van der Waals surface area contributed by atoms with Crippen molar-refractivity contribution < 1.29 is 23.8 Å². The van der Waals surface area contributed by atoms with Gasteiger partial charge in [0, 0.05) is 12.6 Å². The first-order chi connectivity index (χ1) is 12.0. The number of ether oxygens (including phenoxy) is 3. The zero-order valence-corrected chi connectivity index (χ0v) is 14.5. The van der Waals surface area contributed by atoms with Crippen LogP contribution in [0.15, 0.2) is 42.5 Å². The van der Waals surface area contributed by atoms with Crippen LogP contribution < -0.4 is 14.8 Å². The highest BCUT2D eigenvalue weighted by molar-refractivity contribution is 5.92. The van der Waals surface area contributed by atoms with Gasteiger partial charge in [-0.05, 0) is 24.6 Å². The van der Waals surface area contributed by atoms with Gasteiger partial charge in [-0.25, -0.2) is 4.79 Å². The molecule has 6 heteroatoms. The molecule has 0 bridgehead atoms. The Kier molecular flexibility index (Phi) is 6.39. The van der Waals surface area contributed by atoms with E-state index in [9.17, 15) is 9.59 Å². The van der Waals surface area contributed by atoms with Gasteiger partial charge < -0.3 is 19.5 Å². The fraction of sp³-hybridized carbons (Fsp3) is 0.263. The van der Waals surface area contributed by atoms with Crippen LogP contribution in [0.25, 0.3) is 0 Å². The van der Waals surface area contributed by atoms with Gasteiger partial charge in [0.05, 0.1) is 19.8 Å². The predicted molar refractivity (Wildman–Crippen MR) is 92.9 cm³/mol. The maximum Gasteiger partial charge on any atom is 0.338 e. The van der Waals surface area contributed by atoms with E-state index >= 15 is 0 Å². The Morgan fingerprint density at radius 2 is 1.56 bits per heavy atom. The molecule has 0 atom stereocenters. The van der Waals surface area contributed by atoms with E-state index < -0.39 is 5.97 Å². The Bertz CT molecular complexity index is 718. The Labute approximate surface area is 146 Å². The quantitative estimate of drug-likeness (QED) is 0.782. The van der Waals surface area contributed by atoms with E-state index in [4.69, 9.17) is 14.2 Å². The summed E-state index contributed by atoms with van der Waals surface area (Å²) >= 11 is 0. The number of hydrogen-bond acceptors (Lipinski definition) is 5. The van der Waals surface area contributed by atoms with E-state index in [-0.39, 0.29) is 18.1 Å². The van der Waals surface area contributed by atoms with Gasteiger partial charge in [-0.15, -0.1) is 0 Å². The Balaban J connectivity index is 1.86. The van der Waals surface area contributed by atoms with E-state index in [0.717, 1.165) is 11.1 Å². The Morgan fingerprint density at radius 3 is 2.12 bits per heavy atom. The topological polar surface area (TPSA) is 73.9 Å². The van der Waals surface area contributed by atoms with Crippen molar-refractivity contribution in [2.75, 3.05) is 20.8 Å². The van der Waals surface area contributed by atoms with Gasteiger partial charge >= 0.3 is 5.97 Å². The molecule has 0 radical (unpaired) electrons. The second-order valence-corrected chi connectivity index (χ2v) is 5.44. The molecule has 0 aliphatic heterocycles. The minimum atomic E-state index is -0.623. The molecule has 2 aromatic carbocycles. The lowest BCUT2D eigenvalue weighted by Crippen LogP contribution is -2.28. The minimum absolute atomic E-state index is 0.252. The van der Waals surface area contributed by atoms with E-state index in [0.29, 0.717) is 18.0 Å². The molecule has 0 heterocycles. The van der Waals surface area contributed by atoms with Crippen LogP contribution in [-0.2, 0) is 16.1 Å². The van der Waals surface area contributed by atoms with Crippen molar-refractivity contribution in [1.82, 2.24) is 5.32 Å². The van der Waals surface area contributed by atoms with Crippen molar-refractivity contribution in [3.63, 3.8) is 0 Å². The van der Waals surface area contributed by atoms with Gasteiger partial charge in [0.15, 0.2) is 6.61 Å². The number of carbonyl (C=O) groups excluding carboxylic acids is 2. The zero-order valence-electron chi connectivity index (χ0n) is 14.5. The van der Waals surface area contributed by atoms with Crippen LogP contribution in [-0.4, -0.2) is 32.7 Å². The molecule has 2 aromatic rings. The Morgan fingerprint density at radius 1 is 0.960 bits per heavy atom. The van der Waals surface area contributed by atoms with Crippen LogP contribution >= 0.6 is 0 Å². The molecular weight excluding hydrogens is 322 g/mol. The van der Waals surface area contributed by atoms with Crippen molar-refractivity contribution in [2.24, 2.45) is 0 Å². The number of hydrogen-bond donors (Lipinski definition) is 1. The smallest absolute Gasteiger partial charge is 0.338 e. The number of amides is 1. The van der Waals surface area contributed by atoms with Crippen LogP contribution in [0.1, 0.15) is 21.5 Å². The summed E-state index contributed by atoms with van der Waals surface area (Å²) in [6.07, 6.45) is 0. The third-order valence-electron chi connectivity index (χ3n) is 3.53. The van der Waals surface area contributed by atoms with Crippen molar-refractivity contribution in [2.45, 2.75) is 13.5 Å². The van der Waals surface area contributed by atoms with Gasteiger partial charge in [0.1, 0.15) is 11.5 Å². The van der Waals surface area contributed by atoms with E-state index in [1.807, 2.05) is 31.2 Å². The molecule has 0 saturated carbocycles. The molecule has 0 aromatic heterocycles. The Hall–Kier alpha value is -3.02. The molecule has 25 heavy (non-hydrogen) atoms. The standard InChI is InChI=1S/C19H21NO5/c1-13-4-6-14(7-5-13)11-20-18(21)12-25-19(22)15-8-16(23-2)10-17(9-15)24-3/h4-10H,11-12H2,1-3H3,(H,20,21). The van der Waals surface area contributed by atoms with Gasteiger partial charge in [0.25, 0.3) is 5.91 Å². The molecule has 0 aliphatic carbocycles. The largest absolute Gasteiger partial charge is 0.497 e. The summed E-state index contributed by atoms with van der Waals surface area (Å²) in [6, 6.07) is 12.5. The predicted octanol–water partition coefficient (Wildman–Crippen LogP) is 2.49. The van der Waals surface area contributed by atoms with Crippen molar-refractivity contribution in [3.8, 4) is 11.5 Å². The summed E-state index contributed by atoms with van der Waals surface area (Å²) < 4.78 is 15.2. The number of benzene rings is 2. The van der Waals surface area contributed by atoms with Gasteiger partial charge in [-0.2, -0.15) is 0 Å². The fourth-order valence-corrected chi connectivity index (χ4v) is 2.10. The molecule has 1 N–H and O–H groups in total. The minimum Gasteiger partial charge on any atom is -0.497 e. The highest BCUT2D eigenvalue weighted by Gasteiger charge is 2.13. The molecule has 0 fully saturated rings. The van der Waals surface area contributed by atoms with Crippen LogP contribution in [0, 0.1) is 6.92 Å². The molecule has 132 valence electrons. The zero-order chi connectivity index (χ0) is 18.2. The van der Waals surface area contributed by atoms with Crippen molar-refractivity contribution in [3.05, 3.63) is 59.2 Å². The van der Waals surface area contributed by atoms with Gasteiger partial charge in [0.2, 0.25) is 0 Å². The summed E-state index contributed by atoms with van der Waals surface area (Å²) in [6.45, 7) is 2.02. The number of rotatable bonds is 7. The molecule has 0 spiro atoms. The monoisotopic (exact) mass is 343 g/mol. The second kappa shape index (κ2) is 8.73. The fourth-order valence-electron chi connectivity index (χ4n) is 2.10. The first kappa shape index (κ1) is 18.3. The molecule has 0 unspecified atom stereocenters. The number of nitrogens with one attached hydrogen (secondary N) is 1. The third-order valence-corrected chi connectivity index (χ3v) is 3.53. The van der Waals surface area contributed by atoms with E-state index in [2.05, 4.69) is 5.32 Å². The summed E-state index contributed by atoms with van der Waals surface area (Å²) in [7, 11) is 2.98. The SMILES string of the molecule is COc1cc(OC)cc(C(=O)OCC(=O)NCc2ccc(C)cc2)c1. The summed E-state index contributed by atoms with van der Waals surface area (Å²) in [5.41, 5.74) is 2.38. The molecule has 6 nitrogen and oxygen atoms in total. The van der Waals surface area contributed by atoms with E-state index in [1.165, 1.54) is 26.4 Å². The first-order valence-electron chi connectivity index (χ1n) is 7.74. The van der Waals surface area contributed by atoms with Crippen LogP contribution in [0.3, 0.4) is 0 Å². The highest BCUT2D eigenvalue weighted by atomic mass is 16.5. The lowest BCUT2D eigenvalue weighted by Gasteiger charge is -2.09. The third kappa shape index (κ3) is 5.53. The highest BCUT2D eigenvalue weighted by Crippen LogP contribution is 2.22. The number of carbonyl (C=O) groups is 2. The van der Waals surface area contributed by atoms with Crippen molar-refractivity contribution >= 4 is 11.9 Å². The number of esters is 1. The maximum atomic E-state index is 12.1. The molecule has 1 amide bonds. The number of methoxy groups -OCH3 is 2. The van der Waals surface area contributed by atoms with Crippen LogP contribution in [0.5, 0.6) is 11.5 Å². The summed E-state index contributed by atoms with van der Waals surface area (Å²) in [5.74, 6) is -0.0586.